The molecule has 108 valence electrons. The Bertz CT molecular complexity index is 414. The summed E-state index contributed by atoms with van der Waals surface area (Å²) in [6.45, 7) is 10.5. The maximum atomic E-state index is 5.73. The van der Waals surface area contributed by atoms with Crippen LogP contribution in [0.3, 0.4) is 0 Å². The molecule has 0 aromatic heterocycles. The highest BCUT2D eigenvalue weighted by atomic mass is 16.5. The Morgan fingerprint density at radius 3 is 2.47 bits per heavy atom. The molecule has 0 spiro atoms. The maximum Gasteiger partial charge on any atom is 0.124 e. The van der Waals surface area contributed by atoms with Crippen molar-refractivity contribution in [2.24, 2.45) is 5.73 Å². The Balaban J connectivity index is 2.60. The zero-order valence-electron chi connectivity index (χ0n) is 13.0. The molecule has 0 aliphatic heterocycles. The van der Waals surface area contributed by atoms with Crippen LogP contribution in [-0.4, -0.2) is 26.2 Å². The number of methoxy groups -OCH3 is 1. The lowest BCUT2D eigenvalue weighted by atomic mass is 9.96. The molecule has 1 atom stereocenters. The van der Waals surface area contributed by atoms with Crippen molar-refractivity contribution in [3.05, 3.63) is 28.3 Å². The van der Waals surface area contributed by atoms with Crippen LogP contribution in [0.25, 0.3) is 0 Å². The van der Waals surface area contributed by atoms with E-state index in [2.05, 4.69) is 32.2 Å². The third-order valence-electron chi connectivity index (χ3n) is 3.69. The molecule has 1 unspecified atom stereocenters. The monoisotopic (exact) mass is 264 g/mol. The zero-order valence-corrected chi connectivity index (χ0v) is 13.0. The lowest BCUT2D eigenvalue weighted by molar-refractivity contribution is 0.408. The van der Waals surface area contributed by atoms with Crippen LogP contribution >= 0.6 is 0 Å². The van der Waals surface area contributed by atoms with Gasteiger partial charge in [-0.25, -0.2) is 0 Å². The minimum absolute atomic E-state index is 0.278. The fourth-order valence-electron chi connectivity index (χ4n) is 2.39. The fraction of sp³-hybridized carbons (Fsp3) is 0.625. The summed E-state index contributed by atoms with van der Waals surface area (Å²) in [5.41, 5.74) is 11.0. The smallest absolute Gasteiger partial charge is 0.124 e. The van der Waals surface area contributed by atoms with Crippen molar-refractivity contribution in [1.29, 1.82) is 0 Å². The van der Waals surface area contributed by atoms with Gasteiger partial charge in [-0.05, 0) is 75.9 Å². The minimum Gasteiger partial charge on any atom is -0.496 e. The molecular weight excluding hydrogens is 236 g/mol. The highest BCUT2D eigenvalue weighted by Crippen LogP contribution is 2.28. The average molecular weight is 264 g/mol. The summed E-state index contributed by atoms with van der Waals surface area (Å²) in [4.78, 5) is 0. The molecule has 0 amide bonds. The molecule has 3 heteroatoms. The number of benzene rings is 1. The van der Waals surface area contributed by atoms with Crippen LogP contribution in [-0.2, 0) is 6.42 Å². The molecule has 3 N–H and O–H groups in total. The lowest BCUT2D eigenvalue weighted by Gasteiger charge is -2.16. The van der Waals surface area contributed by atoms with Gasteiger partial charge in [0.15, 0.2) is 0 Å². The van der Waals surface area contributed by atoms with Crippen molar-refractivity contribution in [3.8, 4) is 5.75 Å². The van der Waals surface area contributed by atoms with Crippen LogP contribution < -0.4 is 15.8 Å². The molecule has 0 fully saturated rings. The number of nitrogens with two attached hydrogens (primary N) is 1. The Kier molecular flexibility index (Phi) is 6.32. The number of rotatable bonds is 7. The van der Waals surface area contributed by atoms with Crippen molar-refractivity contribution in [2.45, 2.75) is 46.6 Å². The molecule has 1 rings (SSSR count). The van der Waals surface area contributed by atoms with E-state index in [1.165, 1.54) is 22.3 Å². The second-order valence-corrected chi connectivity index (χ2v) is 5.40. The van der Waals surface area contributed by atoms with Gasteiger partial charge in [0.25, 0.3) is 0 Å². The molecule has 0 aliphatic carbocycles. The summed E-state index contributed by atoms with van der Waals surface area (Å²) in [7, 11) is 1.74. The standard InChI is InChI=1S/C16H28N2O/c1-11-10-15(7-9-18-8-6-12(2)17)13(3)14(4)16(11)19-5/h10,12,18H,6-9,17H2,1-5H3. The Morgan fingerprint density at radius 1 is 1.21 bits per heavy atom. The average Bonchev–Trinajstić information content (AvgIpc) is 2.35. The highest BCUT2D eigenvalue weighted by molar-refractivity contribution is 5.49. The molecule has 19 heavy (non-hydrogen) atoms. The molecular formula is C16H28N2O. The summed E-state index contributed by atoms with van der Waals surface area (Å²) in [6, 6.07) is 2.52. The maximum absolute atomic E-state index is 5.73. The topological polar surface area (TPSA) is 47.3 Å². The van der Waals surface area contributed by atoms with Crippen molar-refractivity contribution < 1.29 is 4.74 Å². The number of aryl methyl sites for hydroxylation is 1. The van der Waals surface area contributed by atoms with E-state index in [1.807, 2.05) is 6.92 Å². The second kappa shape index (κ2) is 7.51. The first-order valence-electron chi connectivity index (χ1n) is 7.07. The number of ether oxygens (including phenoxy) is 1. The SMILES string of the molecule is COc1c(C)cc(CCNCCC(C)N)c(C)c1C. The van der Waals surface area contributed by atoms with Crippen LogP contribution in [0.1, 0.15) is 35.6 Å². The van der Waals surface area contributed by atoms with Gasteiger partial charge in [-0.2, -0.15) is 0 Å². The van der Waals surface area contributed by atoms with Gasteiger partial charge in [-0.3, -0.25) is 0 Å². The number of hydrogen-bond donors (Lipinski definition) is 2. The van der Waals surface area contributed by atoms with Gasteiger partial charge < -0.3 is 15.8 Å². The molecule has 0 heterocycles. The Labute approximate surface area is 117 Å². The van der Waals surface area contributed by atoms with E-state index in [4.69, 9.17) is 10.5 Å². The summed E-state index contributed by atoms with van der Waals surface area (Å²) in [6.07, 6.45) is 2.08. The number of hydrogen-bond acceptors (Lipinski definition) is 3. The van der Waals surface area contributed by atoms with Gasteiger partial charge in [0.2, 0.25) is 0 Å². The lowest BCUT2D eigenvalue weighted by Crippen LogP contribution is -2.25. The van der Waals surface area contributed by atoms with Crippen LogP contribution in [0.4, 0.5) is 0 Å². The van der Waals surface area contributed by atoms with Crippen molar-refractivity contribution in [1.82, 2.24) is 5.32 Å². The first-order valence-corrected chi connectivity index (χ1v) is 7.07. The summed E-state index contributed by atoms with van der Waals surface area (Å²) < 4.78 is 5.45. The predicted octanol–water partition coefficient (Wildman–Crippen LogP) is 2.49. The normalized spacial score (nSPS) is 12.5. The molecule has 0 saturated carbocycles. The van der Waals surface area contributed by atoms with Crippen molar-refractivity contribution in [3.63, 3.8) is 0 Å². The van der Waals surface area contributed by atoms with E-state index >= 15 is 0 Å². The summed E-state index contributed by atoms with van der Waals surface area (Å²) in [5.74, 6) is 1.02. The highest BCUT2D eigenvalue weighted by Gasteiger charge is 2.10. The minimum atomic E-state index is 0.278. The number of nitrogens with one attached hydrogen (secondary N) is 1. The molecule has 0 aliphatic rings. The zero-order chi connectivity index (χ0) is 14.4. The van der Waals surface area contributed by atoms with E-state index in [0.717, 1.165) is 31.7 Å². The summed E-state index contributed by atoms with van der Waals surface area (Å²) in [5, 5.41) is 3.45. The van der Waals surface area contributed by atoms with E-state index in [0.29, 0.717) is 0 Å². The molecule has 1 aromatic rings. The van der Waals surface area contributed by atoms with Crippen LogP contribution in [0.2, 0.25) is 0 Å². The quantitative estimate of drug-likeness (QED) is 0.744. The third kappa shape index (κ3) is 4.51. The van der Waals surface area contributed by atoms with E-state index in [-0.39, 0.29) is 6.04 Å². The molecule has 0 radical (unpaired) electrons. The fourth-order valence-corrected chi connectivity index (χ4v) is 2.39. The van der Waals surface area contributed by atoms with Crippen LogP contribution in [0, 0.1) is 20.8 Å². The van der Waals surface area contributed by atoms with Gasteiger partial charge >= 0.3 is 0 Å². The third-order valence-corrected chi connectivity index (χ3v) is 3.69. The Hall–Kier alpha value is -1.06. The first kappa shape index (κ1) is 16.0. The van der Waals surface area contributed by atoms with Gasteiger partial charge in [0.1, 0.15) is 5.75 Å². The van der Waals surface area contributed by atoms with Gasteiger partial charge in [-0.1, -0.05) is 6.07 Å². The van der Waals surface area contributed by atoms with Gasteiger partial charge in [-0.15, -0.1) is 0 Å². The van der Waals surface area contributed by atoms with E-state index in [9.17, 15) is 0 Å². The molecule has 0 saturated heterocycles. The molecule has 0 bridgehead atoms. The van der Waals surface area contributed by atoms with E-state index < -0.39 is 0 Å². The van der Waals surface area contributed by atoms with Gasteiger partial charge in [0.05, 0.1) is 7.11 Å². The second-order valence-electron chi connectivity index (χ2n) is 5.40. The van der Waals surface area contributed by atoms with Crippen LogP contribution in [0.15, 0.2) is 6.07 Å². The van der Waals surface area contributed by atoms with Crippen molar-refractivity contribution in [2.75, 3.05) is 20.2 Å². The van der Waals surface area contributed by atoms with Crippen LogP contribution in [0.5, 0.6) is 5.75 Å². The Morgan fingerprint density at radius 2 is 1.89 bits per heavy atom. The largest absolute Gasteiger partial charge is 0.496 e. The summed E-state index contributed by atoms with van der Waals surface area (Å²) >= 11 is 0. The van der Waals surface area contributed by atoms with E-state index in [1.54, 1.807) is 7.11 Å². The van der Waals surface area contributed by atoms with Gasteiger partial charge in [0, 0.05) is 6.04 Å². The molecule has 3 nitrogen and oxygen atoms in total. The van der Waals surface area contributed by atoms with Crippen molar-refractivity contribution >= 4 is 0 Å². The predicted molar refractivity (Wildman–Crippen MR) is 82.0 cm³/mol. The first-order chi connectivity index (χ1) is 8.97. The molecule has 1 aromatic carbocycles.